The molecule has 3 rings (SSSR count). The van der Waals surface area contributed by atoms with Crippen molar-refractivity contribution in [3.63, 3.8) is 0 Å². The Morgan fingerprint density at radius 3 is 2.86 bits per heavy atom. The van der Waals surface area contributed by atoms with Gasteiger partial charge in [0.15, 0.2) is 5.69 Å². The molecule has 1 unspecified atom stereocenters. The zero-order valence-corrected chi connectivity index (χ0v) is 12.5. The van der Waals surface area contributed by atoms with E-state index in [1.807, 2.05) is 35.9 Å². The number of carboxylic acids is 1. The van der Waals surface area contributed by atoms with E-state index in [-0.39, 0.29) is 5.69 Å². The number of aromatic nitrogens is 2. The summed E-state index contributed by atoms with van der Waals surface area (Å²) in [5.74, 6) is -0.347. The lowest BCUT2D eigenvalue weighted by Gasteiger charge is -2.22. The Morgan fingerprint density at radius 1 is 1.43 bits per heavy atom. The maximum absolute atomic E-state index is 11.5. The fraction of sp³-hybridized carbons (Fsp3) is 0.412. The summed E-state index contributed by atoms with van der Waals surface area (Å²) in [6, 6.07) is 7.98. The summed E-state index contributed by atoms with van der Waals surface area (Å²) in [5, 5.41) is 13.9. The summed E-state index contributed by atoms with van der Waals surface area (Å²) in [6.07, 6.45) is 3.94. The third kappa shape index (κ3) is 2.35. The molecule has 2 aromatic rings. The van der Waals surface area contributed by atoms with Gasteiger partial charge in [0.2, 0.25) is 0 Å². The van der Waals surface area contributed by atoms with E-state index in [0.717, 1.165) is 48.2 Å². The SMILES string of the molecule is CCC1CCc2c(c(C(=O)O)nn2-c2ccccc2C)C1. The zero-order valence-electron chi connectivity index (χ0n) is 12.5. The van der Waals surface area contributed by atoms with Gasteiger partial charge in [-0.2, -0.15) is 5.10 Å². The second-order valence-corrected chi connectivity index (χ2v) is 5.79. The molecular formula is C17H20N2O2. The van der Waals surface area contributed by atoms with Crippen LogP contribution >= 0.6 is 0 Å². The molecule has 0 spiro atoms. The van der Waals surface area contributed by atoms with E-state index >= 15 is 0 Å². The summed E-state index contributed by atoms with van der Waals surface area (Å²) in [4.78, 5) is 11.5. The van der Waals surface area contributed by atoms with E-state index in [1.54, 1.807) is 0 Å². The fourth-order valence-corrected chi connectivity index (χ4v) is 3.21. The van der Waals surface area contributed by atoms with Crippen molar-refractivity contribution in [2.24, 2.45) is 5.92 Å². The van der Waals surface area contributed by atoms with Crippen LogP contribution in [0, 0.1) is 12.8 Å². The summed E-state index contributed by atoms with van der Waals surface area (Å²) in [5.41, 5.74) is 4.33. The second-order valence-electron chi connectivity index (χ2n) is 5.79. The van der Waals surface area contributed by atoms with Crippen LogP contribution in [-0.2, 0) is 12.8 Å². The van der Waals surface area contributed by atoms with E-state index < -0.39 is 5.97 Å². The van der Waals surface area contributed by atoms with Crippen molar-refractivity contribution in [3.05, 3.63) is 46.8 Å². The molecule has 0 fully saturated rings. The van der Waals surface area contributed by atoms with Crippen LogP contribution in [0.3, 0.4) is 0 Å². The van der Waals surface area contributed by atoms with Crippen molar-refractivity contribution >= 4 is 5.97 Å². The molecule has 1 aromatic heterocycles. The number of fused-ring (bicyclic) bond motifs is 1. The molecule has 1 atom stereocenters. The van der Waals surface area contributed by atoms with Crippen LogP contribution in [0.1, 0.15) is 47.1 Å². The summed E-state index contributed by atoms with van der Waals surface area (Å²) in [7, 11) is 0. The quantitative estimate of drug-likeness (QED) is 0.940. The number of para-hydroxylation sites is 1. The van der Waals surface area contributed by atoms with E-state index in [1.165, 1.54) is 0 Å². The van der Waals surface area contributed by atoms with Gasteiger partial charge in [0.05, 0.1) is 5.69 Å². The first-order chi connectivity index (χ1) is 10.1. The first kappa shape index (κ1) is 13.9. The van der Waals surface area contributed by atoms with Crippen molar-refractivity contribution in [2.75, 3.05) is 0 Å². The smallest absolute Gasteiger partial charge is 0.356 e. The molecule has 0 bridgehead atoms. The Bertz CT molecular complexity index is 688. The van der Waals surface area contributed by atoms with Gasteiger partial charge >= 0.3 is 5.97 Å². The lowest BCUT2D eigenvalue weighted by Crippen LogP contribution is -2.16. The average molecular weight is 284 g/mol. The molecule has 110 valence electrons. The van der Waals surface area contributed by atoms with Crippen molar-refractivity contribution in [1.82, 2.24) is 9.78 Å². The molecule has 1 aliphatic carbocycles. The van der Waals surface area contributed by atoms with Crippen LogP contribution in [0.25, 0.3) is 5.69 Å². The number of carboxylic acid groups (broad SMARTS) is 1. The lowest BCUT2D eigenvalue weighted by molar-refractivity contribution is 0.0688. The highest BCUT2D eigenvalue weighted by Crippen LogP contribution is 2.32. The number of benzene rings is 1. The molecule has 1 aromatic carbocycles. The molecule has 4 nitrogen and oxygen atoms in total. The first-order valence-corrected chi connectivity index (χ1v) is 7.51. The van der Waals surface area contributed by atoms with Crippen LogP contribution in [0.15, 0.2) is 24.3 Å². The van der Waals surface area contributed by atoms with Crippen molar-refractivity contribution in [3.8, 4) is 5.69 Å². The maximum atomic E-state index is 11.5. The normalized spacial score (nSPS) is 17.5. The van der Waals surface area contributed by atoms with Gasteiger partial charge in [0.1, 0.15) is 0 Å². The van der Waals surface area contributed by atoms with Gasteiger partial charge in [-0.25, -0.2) is 9.48 Å². The molecule has 0 aliphatic heterocycles. The van der Waals surface area contributed by atoms with Crippen LogP contribution in [0.5, 0.6) is 0 Å². The number of carbonyl (C=O) groups is 1. The molecule has 4 heteroatoms. The van der Waals surface area contributed by atoms with E-state index in [0.29, 0.717) is 5.92 Å². The largest absolute Gasteiger partial charge is 0.476 e. The zero-order chi connectivity index (χ0) is 15.0. The van der Waals surface area contributed by atoms with E-state index in [4.69, 9.17) is 0 Å². The maximum Gasteiger partial charge on any atom is 0.356 e. The third-order valence-electron chi connectivity index (χ3n) is 4.50. The van der Waals surface area contributed by atoms with Gasteiger partial charge in [-0.05, 0) is 43.7 Å². The van der Waals surface area contributed by atoms with Crippen molar-refractivity contribution in [1.29, 1.82) is 0 Å². The standard InChI is InChI=1S/C17H20N2O2/c1-3-12-8-9-15-13(10-12)16(17(20)21)18-19(15)14-7-5-4-6-11(14)2/h4-7,12H,3,8-10H2,1-2H3,(H,20,21). The first-order valence-electron chi connectivity index (χ1n) is 7.51. The molecule has 0 saturated carbocycles. The highest BCUT2D eigenvalue weighted by atomic mass is 16.4. The summed E-state index contributed by atoms with van der Waals surface area (Å²) >= 11 is 0. The molecule has 0 amide bonds. The van der Waals surface area contributed by atoms with Gasteiger partial charge in [0, 0.05) is 11.3 Å². The summed E-state index contributed by atoms with van der Waals surface area (Å²) in [6.45, 7) is 4.20. The monoisotopic (exact) mass is 284 g/mol. The second kappa shape index (κ2) is 5.35. The highest BCUT2D eigenvalue weighted by Gasteiger charge is 2.29. The number of hydrogen-bond acceptors (Lipinski definition) is 2. The molecule has 0 saturated heterocycles. The summed E-state index contributed by atoms with van der Waals surface area (Å²) < 4.78 is 1.85. The number of aromatic carboxylic acids is 1. The van der Waals surface area contributed by atoms with Crippen molar-refractivity contribution < 1.29 is 9.90 Å². The molecule has 0 radical (unpaired) electrons. The van der Waals surface area contributed by atoms with Crippen molar-refractivity contribution in [2.45, 2.75) is 39.5 Å². The van der Waals surface area contributed by atoms with E-state index in [9.17, 15) is 9.90 Å². The lowest BCUT2D eigenvalue weighted by atomic mass is 9.85. The molecular weight excluding hydrogens is 264 g/mol. The minimum absolute atomic E-state index is 0.228. The number of rotatable bonds is 3. The van der Waals surface area contributed by atoms with E-state index in [2.05, 4.69) is 12.0 Å². The minimum Gasteiger partial charge on any atom is -0.476 e. The molecule has 1 N–H and O–H groups in total. The molecule has 21 heavy (non-hydrogen) atoms. The van der Waals surface area contributed by atoms with Gasteiger partial charge < -0.3 is 5.11 Å². The van der Waals surface area contributed by atoms with Crippen LogP contribution < -0.4 is 0 Å². The molecule has 1 aliphatic rings. The van der Waals surface area contributed by atoms with Crippen LogP contribution in [0.4, 0.5) is 0 Å². The van der Waals surface area contributed by atoms with Gasteiger partial charge in [0.25, 0.3) is 0 Å². The Balaban J connectivity index is 2.16. The van der Waals surface area contributed by atoms with Gasteiger partial charge in [-0.3, -0.25) is 0 Å². The minimum atomic E-state index is -0.921. The number of nitrogens with zero attached hydrogens (tertiary/aromatic N) is 2. The number of aryl methyl sites for hydroxylation is 1. The predicted octanol–water partition coefficient (Wildman–Crippen LogP) is 3.39. The Kier molecular flexibility index (Phi) is 3.53. The molecule has 1 heterocycles. The van der Waals surface area contributed by atoms with Gasteiger partial charge in [-0.15, -0.1) is 0 Å². The number of hydrogen-bond donors (Lipinski definition) is 1. The fourth-order valence-electron chi connectivity index (χ4n) is 3.21. The highest BCUT2D eigenvalue weighted by molar-refractivity contribution is 5.87. The Labute approximate surface area is 124 Å². The topological polar surface area (TPSA) is 55.1 Å². The predicted molar refractivity (Wildman–Crippen MR) is 81.1 cm³/mol. The van der Waals surface area contributed by atoms with Crippen LogP contribution in [-0.4, -0.2) is 20.9 Å². The van der Waals surface area contributed by atoms with Crippen LogP contribution in [0.2, 0.25) is 0 Å². The Hall–Kier alpha value is -2.10. The Morgan fingerprint density at radius 2 is 2.19 bits per heavy atom. The average Bonchev–Trinajstić information content (AvgIpc) is 2.86. The van der Waals surface area contributed by atoms with Gasteiger partial charge in [-0.1, -0.05) is 31.5 Å². The third-order valence-corrected chi connectivity index (χ3v) is 4.50.